The van der Waals surface area contributed by atoms with Crippen LogP contribution in [0.4, 0.5) is 0 Å². The number of halogens is 2. The second-order valence-corrected chi connectivity index (χ2v) is 6.08. The lowest BCUT2D eigenvalue weighted by molar-refractivity contribution is 0.112. The highest BCUT2D eigenvalue weighted by molar-refractivity contribution is 9.10. The molecule has 0 aromatic heterocycles. The maximum atomic E-state index is 10.2. The number of carbonyl (C=O) groups is 1. The molecule has 0 aliphatic rings. The van der Waals surface area contributed by atoms with E-state index in [1.165, 1.54) is 5.56 Å². The Labute approximate surface area is 136 Å². The number of aliphatic hydroxyl groups is 1. The fourth-order valence-electron chi connectivity index (χ4n) is 1.42. The van der Waals surface area contributed by atoms with Crippen molar-refractivity contribution in [1.29, 1.82) is 0 Å². The Morgan fingerprint density at radius 2 is 1.55 bits per heavy atom. The summed E-state index contributed by atoms with van der Waals surface area (Å²) in [7, 11) is 0. The number of rotatable bonds is 2. The summed E-state index contributed by atoms with van der Waals surface area (Å²) >= 11 is 6.70. The number of aryl methyl sites for hydroxylation is 2. The zero-order valence-corrected chi connectivity index (χ0v) is 14.5. The van der Waals surface area contributed by atoms with Gasteiger partial charge in [-0.2, -0.15) is 0 Å². The number of aldehydes is 1. The first kappa shape index (κ1) is 17.1. The summed E-state index contributed by atoms with van der Waals surface area (Å²) < 4.78 is 2.04. The molecule has 0 saturated heterocycles. The van der Waals surface area contributed by atoms with E-state index >= 15 is 0 Å². The Kier molecular flexibility index (Phi) is 7.13. The summed E-state index contributed by atoms with van der Waals surface area (Å²) in [5.41, 5.74) is 3.98. The summed E-state index contributed by atoms with van der Waals surface area (Å²) in [6.07, 6.45) is 0.837. The van der Waals surface area contributed by atoms with Crippen LogP contribution in [0.2, 0.25) is 0 Å². The minimum atomic E-state index is 0.110. The zero-order valence-electron chi connectivity index (χ0n) is 11.4. The standard InChI is InChI=1S/C8H9BrO.C8H7BrO/c2*1-6-2-3-7(5-10)4-8(6)9/h2-4,10H,5H2,1H3;2-5H,1H3. The molecule has 0 unspecified atom stereocenters. The Morgan fingerprint density at radius 1 is 1.00 bits per heavy atom. The lowest BCUT2D eigenvalue weighted by Gasteiger charge is -1.99. The molecule has 0 aliphatic heterocycles. The van der Waals surface area contributed by atoms with Crippen molar-refractivity contribution in [3.05, 3.63) is 67.6 Å². The van der Waals surface area contributed by atoms with Crippen molar-refractivity contribution in [2.75, 3.05) is 0 Å². The molecule has 0 heterocycles. The number of carbonyl (C=O) groups excluding carboxylic acids is 1. The molecule has 0 bridgehead atoms. The first-order valence-electron chi connectivity index (χ1n) is 6.05. The first-order chi connectivity index (χ1) is 9.47. The summed E-state index contributed by atoms with van der Waals surface area (Å²) in [4.78, 5) is 10.2. The van der Waals surface area contributed by atoms with Crippen LogP contribution in [0.5, 0.6) is 0 Å². The quantitative estimate of drug-likeness (QED) is 0.735. The molecule has 1 N–H and O–H groups in total. The van der Waals surface area contributed by atoms with Crippen molar-refractivity contribution in [3.63, 3.8) is 0 Å². The Morgan fingerprint density at radius 3 is 2.00 bits per heavy atom. The predicted molar refractivity (Wildman–Crippen MR) is 89.1 cm³/mol. The molecule has 2 rings (SSSR count). The van der Waals surface area contributed by atoms with Crippen molar-refractivity contribution in [2.24, 2.45) is 0 Å². The SMILES string of the molecule is Cc1ccc(C=O)cc1Br.Cc1ccc(CO)cc1Br. The maximum absolute atomic E-state index is 10.2. The van der Waals surface area contributed by atoms with E-state index < -0.39 is 0 Å². The molecule has 2 aromatic rings. The van der Waals surface area contributed by atoms with E-state index in [-0.39, 0.29) is 6.61 Å². The van der Waals surface area contributed by atoms with Crippen LogP contribution in [-0.4, -0.2) is 11.4 Å². The summed E-state index contributed by atoms with van der Waals surface area (Å²) in [6.45, 7) is 4.11. The van der Waals surface area contributed by atoms with Crippen molar-refractivity contribution >= 4 is 38.1 Å². The first-order valence-corrected chi connectivity index (χ1v) is 7.63. The van der Waals surface area contributed by atoms with Crippen LogP contribution in [0, 0.1) is 13.8 Å². The van der Waals surface area contributed by atoms with Gasteiger partial charge < -0.3 is 5.11 Å². The second-order valence-electron chi connectivity index (χ2n) is 4.37. The van der Waals surface area contributed by atoms with Crippen molar-refractivity contribution < 1.29 is 9.90 Å². The highest BCUT2D eigenvalue weighted by Gasteiger charge is 1.95. The van der Waals surface area contributed by atoms with Gasteiger partial charge in [-0.3, -0.25) is 4.79 Å². The molecule has 0 fully saturated rings. The number of hydrogen-bond donors (Lipinski definition) is 1. The van der Waals surface area contributed by atoms with E-state index in [0.29, 0.717) is 5.56 Å². The predicted octanol–water partition coefficient (Wildman–Crippen LogP) is 4.82. The molecule has 0 radical (unpaired) electrons. The summed E-state index contributed by atoms with van der Waals surface area (Å²) in [5, 5.41) is 8.73. The summed E-state index contributed by atoms with van der Waals surface area (Å²) in [5.74, 6) is 0. The van der Waals surface area contributed by atoms with E-state index in [9.17, 15) is 4.79 Å². The van der Waals surface area contributed by atoms with Crippen molar-refractivity contribution in [3.8, 4) is 0 Å². The van der Waals surface area contributed by atoms with Gasteiger partial charge in [-0.1, -0.05) is 56.1 Å². The smallest absolute Gasteiger partial charge is 0.150 e. The largest absolute Gasteiger partial charge is 0.392 e. The van der Waals surface area contributed by atoms with E-state index in [2.05, 4.69) is 31.9 Å². The fraction of sp³-hybridized carbons (Fsp3) is 0.188. The van der Waals surface area contributed by atoms with Gasteiger partial charge in [0.15, 0.2) is 0 Å². The molecule has 2 nitrogen and oxygen atoms in total. The van der Waals surface area contributed by atoms with Crippen LogP contribution in [0.25, 0.3) is 0 Å². The minimum absolute atomic E-state index is 0.110. The van der Waals surface area contributed by atoms with Gasteiger partial charge in [-0.25, -0.2) is 0 Å². The van der Waals surface area contributed by atoms with Crippen LogP contribution in [0.15, 0.2) is 45.3 Å². The van der Waals surface area contributed by atoms with Gasteiger partial charge in [0.2, 0.25) is 0 Å². The number of aliphatic hydroxyl groups excluding tert-OH is 1. The molecule has 0 aliphatic carbocycles. The molecule has 0 saturated carbocycles. The van der Waals surface area contributed by atoms with Crippen LogP contribution in [0.3, 0.4) is 0 Å². The third-order valence-corrected chi connectivity index (χ3v) is 4.46. The van der Waals surface area contributed by atoms with E-state index in [0.717, 1.165) is 26.4 Å². The normalized spacial score (nSPS) is 9.65. The second kappa shape index (κ2) is 8.35. The molecule has 4 heteroatoms. The number of benzene rings is 2. The van der Waals surface area contributed by atoms with Gasteiger partial charge in [0, 0.05) is 14.5 Å². The van der Waals surface area contributed by atoms with Gasteiger partial charge in [-0.05, 0) is 42.7 Å². The average molecular weight is 400 g/mol. The molecule has 2 aromatic carbocycles. The Balaban J connectivity index is 0.000000200. The maximum Gasteiger partial charge on any atom is 0.150 e. The van der Waals surface area contributed by atoms with Gasteiger partial charge in [0.25, 0.3) is 0 Å². The van der Waals surface area contributed by atoms with Crippen LogP contribution >= 0.6 is 31.9 Å². The molecule has 20 heavy (non-hydrogen) atoms. The van der Waals surface area contributed by atoms with Crippen LogP contribution in [0.1, 0.15) is 27.0 Å². The van der Waals surface area contributed by atoms with E-state index in [1.54, 1.807) is 6.07 Å². The monoisotopic (exact) mass is 398 g/mol. The molecule has 106 valence electrons. The van der Waals surface area contributed by atoms with Gasteiger partial charge in [-0.15, -0.1) is 0 Å². The Bertz CT molecular complexity index is 595. The molecule has 0 atom stereocenters. The van der Waals surface area contributed by atoms with Gasteiger partial charge >= 0.3 is 0 Å². The van der Waals surface area contributed by atoms with E-state index in [1.807, 2.05) is 44.2 Å². The topological polar surface area (TPSA) is 37.3 Å². The van der Waals surface area contributed by atoms with Crippen molar-refractivity contribution in [2.45, 2.75) is 20.5 Å². The van der Waals surface area contributed by atoms with Crippen molar-refractivity contribution in [1.82, 2.24) is 0 Å². The molecular formula is C16H16Br2O2. The molecular weight excluding hydrogens is 384 g/mol. The highest BCUT2D eigenvalue weighted by atomic mass is 79.9. The fourth-order valence-corrected chi connectivity index (χ4v) is 2.24. The Hall–Kier alpha value is -0.970. The number of hydrogen-bond acceptors (Lipinski definition) is 2. The highest BCUT2D eigenvalue weighted by Crippen LogP contribution is 2.17. The van der Waals surface area contributed by atoms with Crippen LogP contribution in [-0.2, 0) is 6.61 Å². The molecule has 0 spiro atoms. The third-order valence-electron chi connectivity index (χ3n) is 2.75. The lowest BCUT2D eigenvalue weighted by atomic mass is 10.2. The van der Waals surface area contributed by atoms with Gasteiger partial charge in [0.05, 0.1) is 6.61 Å². The zero-order chi connectivity index (χ0) is 15.1. The van der Waals surface area contributed by atoms with E-state index in [4.69, 9.17) is 5.11 Å². The van der Waals surface area contributed by atoms with Crippen LogP contribution < -0.4 is 0 Å². The van der Waals surface area contributed by atoms with Gasteiger partial charge in [0.1, 0.15) is 6.29 Å². The summed E-state index contributed by atoms with van der Waals surface area (Å²) in [6, 6.07) is 11.3. The minimum Gasteiger partial charge on any atom is -0.392 e. The lowest BCUT2D eigenvalue weighted by Crippen LogP contribution is -1.83. The molecule has 0 amide bonds. The average Bonchev–Trinajstić information content (AvgIpc) is 2.45. The third kappa shape index (κ3) is 5.19.